The highest BCUT2D eigenvalue weighted by molar-refractivity contribution is 5.88. The number of nitrogens with zero attached hydrogens (tertiary/aromatic N) is 2. The Balaban J connectivity index is 1.57. The summed E-state index contributed by atoms with van der Waals surface area (Å²) in [7, 11) is 1.66. The van der Waals surface area contributed by atoms with E-state index in [1.54, 1.807) is 13.2 Å². The number of aryl methyl sites for hydroxylation is 1. The molecule has 3 N–H and O–H groups in total. The molecule has 1 saturated heterocycles. The van der Waals surface area contributed by atoms with Gasteiger partial charge in [0.25, 0.3) is 0 Å². The number of likely N-dealkylation sites (tertiary alicyclic amines) is 1. The Kier molecular flexibility index (Phi) is 6.38. The van der Waals surface area contributed by atoms with Crippen molar-refractivity contribution in [1.82, 2.24) is 14.9 Å². The molecule has 2 aromatic heterocycles. The highest BCUT2D eigenvalue weighted by Crippen LogP contribution is 2.61. The zero-order valence-corrected chi connectivity index (χ0v) is 21.7. The van der Waals surface area contributed by atoms with Gasteiger partial charge in [0, 0.05) is 59.7 Å². The van der Waals surface area contributed by atoms with Crippen LogP contribution in [0.1, 0.15) is 72.8 Å². The van der Waals surface area contributed by atoms with Crippen LogP contribution in [-0.4, -0.2) is 51.6 Å². The summed E-state index contributed by atoms with van der Waals surface area (Å²) in [6.45, 7) is 7.17. The number of aromatic amines is 1. The number of carboxylic acids is 1. The largest absolute Gasteiger partial charge is 0.496 e. The summed E-state index contributed by atoms with van der Waals surface area (Å²) in [4.78, 5) is 21.7. The van der Waals surface area contributed by atoms with Crippen molar-refractivity contribution in [3.8, 4) is 5.75 Å². The molecule has 0 amide bonds. The van der Waals surface area contributed by atoms with Gasteiger partial charge in [0.05, 0.1) is 7.11 Å². The minimum atomic E-state index is -2.62. The maximum Gasteiger partial charge on any atom is 0.354 e. The molecule has 1 aliphatic heterocycles. The predicted octanol–water partition coefficient (Wildman–Crippen LogP) is 6.15. The van der Waals surface area contributed by atoms with Crippen molar-refractivity contribution in [2.24, 2.45) is 5.41 Å². The van der Waals surface area contributed by atoms with Gasteiger partial charge in [-0.2, -0.15) is 0 Å². The second kappa shape index (κ2) is 9.28. The smallest absolute Gasteiger partial charge is 0.354 e. The van der Waals surface area contributed by atoms with Crippen LogP contribution in [0.25, 0.3) is 10.9 Å². The third-order valence-corrected chi connectivity index (χ3v) is 7.89. The van der Waals surface area contributed by atoms with Crippen LogP contribution < -0.4 is 10.1 Å². The lowest BCUT2D eigenvalue weighted by Gasteiger charge is -2.55. The van der Waals surface area contributed by atoms with Gasteiger partial charge in [-0.25, -0.2) is 18.6 Å². The molecule has 1 aliphatic carbocycles. The van der Waals surface area contributed by atoms with Gasteiger partial charge in [0.15, 0.2) is 5.69 Å². The maximum atomic E-state index is 14.1. The lowest BCUT2D eigenvalue weighted by Crippen LogP contribution is -2.53. The Bertz CT molecular complexity index is 1330. The van der Waals surface area contributed by atoms with Crippen LogP contribution >= 0.6 is 0 Å². The first-order valence-corrected chi connectivity index (χ1v) is 12.8. The molecule has 1 spiro atoms. The van der Waals surface area contributed by atoms with Crippen molar-refractivity contribution >= 4 is 22.7 Å². The van der Waals surface area contributed by atoms with Crippen molar-refractivity contribution in [1.29, 1.82) is 0 Å². The molecule has 3 aromatic rings. The molecule has 9 heteroatoms. The Labute approximate surface area is 215 Å². The average molecular weight is 513 g/mol. The first kappa shape index (κ1) is 25.4. The van der Waals surface area contributed by atoms with Crippen LogP contribution in [0.5, 0.6) is 5.75 Å². The molecule has 1 saturated carbocycles. The third-order valence-electron chi connectivity index (χ3n) is 7.89. The van der Waals surface area contributed by atoms with Crippen LogP contribution in [0.15, 0.2) is 30.5 Å². The molecule has 37 heavy (non-hydrogen) atoms. The molecule has 3 heterocycles. The van der Waals surface area contributed by atoms with E-state index in [1.807, 2.05) is 39.1 Å². The fourth-order valence-corrected chi connectivity index (χ4v) is 6.27. The number of alkyl halides is 2. The Morgan fingerprint density at radius 2 is 2.08 bits per heavy atom. The average Bonchev–Trinajstić information content (AvgIpc) is 3.31. The number of ether oxygens (including phenoxy) is 1. The van der Waals surface area contributed by atoms with E-state index in [4.69, 9.17) is 4.74 Å². The van der Waals surface area contributed by atoms with Gasteiger partial charge in [-0.3, -0.25) is 4.90 Å². The second-order valence-corrected chi connectivity index (χ2v) is 11.0. The number of pyridine rings is 1. The summed E-state index contributed by atoms with van der Waals surface area (Å²) in [6.07, 6.45) is 2.96. The summed E-state index contributed by atoms with van der Waals surface area (Å²) >= 11 is 0. The number of aromatic nitrogens is 2. The summed E-state index contributed by atoms with van der Waals surface area (Å²) in [6, 6.07) is 7.19. The molecule has 0 radical (unpaired) electrons. The first-order chi connectivity index (χ1) is 17.5. The maximum absolute atomic E-state index is 14.1. The van der Waals surface area contributed by atoms with Crippen molar-refractivity contribution in [2.75, 3.05) is 19.0 Å². The van der Waals surface area contributed by atoms with Gasteiger partial charge in [-0.1, -0.05) is 6.07 Å². The number of hydrogen-bond acceptors (Lipinski definition) is 5. The zero-order chi connectivity index (χ0) is 26.5. The first-order valence-electron chi connectivity index (χ1n) is 12.8. The number of piperidine rings is 1. The van der Waals surface area contributed by atoms with Gasteiger partial charge >= 0.3 is 5.97 Å². The number of methoxy groups -OCH3 is 1. The summed E-state index contributed by atoms with van der Waals surface area (Å²) in [5, 5.41) is 13.9. The van der Waals surface area contributed by atoms with E-state index >= 15 is 0 Å². The lowest BCUT2D eigenvalue weighted by atomic mass is 9.59. The number of benzene rings is 1. The molecule has 0 bridgehead atoms. The number of hydrogen-bond donors (Lipinski definition) is 3. The molecule has 5 rings (SSSR count). The van der Waals surface area contributed by atoms with E-state index < -0.39 is 17.3 Å². The normalized spacial score (nSPS) is 20.8. The Hall–Kier alpha value is -3.20. The molecular weight excluding hydrogens is 478 g/mol. The highest BCUT2D eigenvalue weighted by Gasteiger charge is 2.58. The van der Waals surface area contributed by atoms with E-state index in [2.05, 4.69) is 20.2 Å². The molecule has 198 valence electrons. The molecule has 1 atom stereocenters. The van der Waals surface area contributed by atoms with Crippen LogP contribution in [0, 0.1) is 12.3 Å². The number of aromatic carboxylic acids is 1. The fraction of sp³-hybridized carbons (Fsp3) is 0.500. The van der Waals surface area contributed by atoms with Gasteiger partial charge in [0.1, 0.15) is 11.6 Å². The van der Waals surface area contributed by atoms with Crippen LogP contribution in [0.2, 0.25) is 0 Å². The number of carbonyl (C=O) groups is 1. The van der Waals surface area contributed by atoms with Crippen LogP contribution in [0.4, 0.5) is 14.6 Å². The number of fused-ring (bicyclic) bond motifs is 1. The van der Waals surface area contributed by atoms with E-state index in [0.717, 1.165) is 33.3 Å². The number of carboxylic acid groups (broad SMARTS) is 1. The fourth-order valence-electron chi connectivity index (χ4n) is 6.27. The van der Waals surface area contributed by atoms with E-state index in [-0.39, 0.29) is 30.6 Å². The van der Waals surface area contributed by atoms with Gasteiger partial charge in [-0.15, -0.1) is 0 Å². The van der Waals surface area contributed by atoms with Gasteiger partial charge < -0.3 is 20.1 Å². The SMILES string of the molecule is COc1cc(C)c2[nH]ccc2c1CN1CCC2(CC1c1ccc(C(=O)O)nc1NC(C)C)CC(F)(F)C2. The second-order valence-electron chi connectivity index (χ2n) is 11.0. The Morgan fingerprint density at radius 3 is 2.73 bits per heavy atom. The number of anilines is 1. The minimum Gasteiger partial charge on any atom is -0.496 e. The quantitative estimate of drug-likeness (QED) is 0.352. The van der Waals surface area contributed by atoms with Crippen molar-refractivity contribution in [3.63, 3.8) is 0 Å². The predicted molar refractivity (Wildman–Crippen MR) is 139 cm³/mol. The van der Waals surface area contributed by atoms with E-state index in [9.17, 15) is 18.7 Å². The number of halogens is 2. The topological polar surface area (TPSA) is 90.5 Å². The molecule has 2 aliphatic rings. The van der Waals surface area contributed by atoms with Crippen molar-refractivity contribution in [3.05, 3.63) is 52.8 Å². The highest BCUT2D eigenvalue weighted by atomic mass is 19.3. The molecule has 1 aromatic carbocycles. The van der Waals surface area contributed by atoms with Crippen LogP contribution in [-0.2, 0) is 6.54 Å². The van der Waals surface area contributed by atoms with Gasteiger partial charge in [0.2, 0.25) is 5.92 Å². The molecular formula is C28H34F2N4O3. The van der Waals surface area contributed by atoms with Crippen molar-refractivity contribution in [2.45, 2.75) is 71.0 Å². The monoisotopic (exact) mass is 512 g/mol. The number of nitrogens with one attached hydrogen (secondary N) is 2. The number of H-pyrrole nitrogens is 1. The van der Waals surface area contributed by atoms with Gasteiger partial charge in [-0.05, 0) is 69.3 Å². The van der Waals surface area contributed by atoms with E-state index in [1.165, 1.54) is 6.07 Å². The summed E-state index contributed by atoms with van der Waals surface area (Å²) in [5.41, 5.74) is 3.54. The zero-order valence-electron chi connectivity index (χ0n) is 21.7. The summed E-state index contributed by atoms with van der Waals surface area (Å²) < 4.78 is 33.9. The molecule has 1 unspecified atom stereocenters. The molecule has 7 nitrogen and oxygen atoms in total. The number of rotatable bonds is 7. The lowest BCUT2D eigenvalue weighted by molar-refractivity contribution is -0.186. The Morgan fingerprint density at radius 1 is 1.32 bits per heavy atom. The van der Waals surface area contributed by atoms with E-state index in [0.29, 0.717) is 31.7 Å². The van der Waals surface area contributed by atoms with Crippen molar-refractivity contribution < 1.29 is 23.4 Å². The molecule has 2 fully saturated rings. The minimum absolute atomic E-state index is 0.0194. The third kappa shape index (κ3) is 4.77. The summed E-state index contributed by atoms with van der Waals surface area (Å²) in [5.74, 6) is -2.43. The van der Waals surface area contributed by atoms with Crippen LogP contribution in [0.3, 0.4) is 0 Å². The standard InChI is InChI=1S/C28H34F2N4O3/c1-16(2)32-25-19(5-6-21(33-25)26(35)36)22-12-27(14-28(29,30)15-27)8-10-34(22)13-20-18-7-9-31-24(18)17(3)11-23(20)37-4/h5-7,9,11,16,22,31H,8,10,12-15H2,1-4H3,(H,32,33)(H,35,36).